The van der Waals surface area contributed by atoms with Crippen molar-refractivity contribution in [2.24, 2.45) is 5.92 Å². The number of carbonyl (C=O) groups is 1. The fourth-order valence-electron chi connectivity index (χ4n) is 2.46. The van der Waals surface area contributed by atoms with E-state index in [0.29, 0.717) is 30.9 Å². The molecule has 1 unspecified atom stereocenters. The highest BCUT2D eigenvalue weighted by Crippen LogP contribution is 2.14. The molecule has 1 aliphatic heterocycles. The minimum atomic E-state index is -0.457. The lowest BCUT2D eigenvalue weighted by Crippen LogP contribution is -2.26. The first-order valence-electron chi connectivity index (χ1n) is 7.06. The largest absolute Gasteiger partial charge is 0.356 e. The van der Waals surface area contributed by atoms with E-state index in [9.17, 15) is 13.6 Å². The lowest BCUT2D eigenvalue weighted by Gasteiger charge is -2.09. The minimum absolute atomic E-state index is 0. The monoisotopic (exact) mass is 318 g/mol. The first kappa shape index (κ1) is 17.9. The van der Waals surface area contributed by atoms with E-state index in [2.05, 4.69) is 10.6 Å². The predicted molar refractivity (Wildman–Crippen MR) is 80.5 cm³/mol. The molecule has 1 aromatic carbocycles. The van der Waals surface area contributed by atoms with Crippen molar-refractivity contribution in [3.63, 3.8) is 0 Å². The van der Waals surface area contributed by atoms with Crippen LogP contribution in [-0.2, 0) is 11.2 Å². The van der Waals surface area contributed by atoms with Crippen LogP contribution in [0.15, 0.2) is 18.2 Å². The predicted octanol–water partition coefficient (Wildman–Crippen LogP) is 2.44. The zero-order valence-electron chi connectivity index (χ0n) is 11.8. The molecule has 1 aliphatic rings. The van der Waals surface area contributed by atoms with Gasteiger partial charge in [-0.3, -0.25) is 4.79 Å². The third-order valence-electron chi connectivity index (χ3n) is 3.67. The standard InChI is InChI=1S/C15H20F2N2O.ClH/c16-13-2-3-14(17)12(9-13)6-8-19-15(20)4-1-11-5-7-18-10-11;/h2-3,9,11,18H,1,4-8,10H2,(H,19,20);1H. The van der Waals surface area contributed by atoms with E-state index in [1.54, 1.807) is 0 Å². The zero-order chi connectivity index (χ0) is 14.4. The number of hydrogen-bond acceptors (Lipinski definition) is 2. The fraction of sp³-hybridized carbons (Fsp3) is 0.533. The van der Waals surface area contributed by atoms with Gasteiger partial charge in [0.1, 0.15) is 11.6 Å². The summed E-state index contributed by atoms with van der Waals surface area (Å²) in [7, 11) is 0. The second-order valence-corrected chi connectivity index (χ2v) is 5.23. The SMILES string of the molecule is Cl.O=C(CCC1CCNC1)NCCc1cc(F)ccc1F. The molecule has 1 fully saturated rings. The summed E-state index contributed by atoms with van der Waals surface area (Å²) >= 11 is 0. The molecule has 0 aliphatic carbocycles. The van der Waals surface area contributed by atoms with Gasteiger partial charge in [-0.1, -0.05) is 0 Å². The Morgan fingerprint density at radius 1 is 1.38 bits per heavy atom. The molecule has 0 saturated carbocycles. The molecule has 1 heterocycles. The molecule has 1 atom stereocenters. The van der Waals surface area contributed by atoms with E-state index >= 15 is 0 Å². The number of rotatable bonds is 6. The molecule has 1 amide bonds. The van der Waals surface area contributed by atoms with E-state index < -0.39 is 11.6 Å². The van der Waals surface area contributed by atoms with Crippen LogP contribution in [0.2, 0.25) is 0 Å². The van der Waals surface area contributed by atoms with Gasteiger partial charge in [0.25, 0.3) is 0 Å². The van der Waals surface area contributed by atoms with Crippen molar-refractivity contribution < 1.29 is 13.6 Å². The van der Waals surface area contributed by atoms with Crippen LogP contribution >= 0.6 is 12.4 Å². The van der Waals surface area contributed by atoms with Crippen LogP contribution in [0.5, 0.6) is 0 Å². The summed E-state index contributed by atoms with van der Waals surface area (Å²) in [4.78, 5) is 11.6. The summed E-state index contributed by atoms with van der Waals surface area (Å²) < 4.78 is 26.3. The van der Waals surface area contributed by atoms with E-state index in [0.717, 1.165) is 38.1 Å². The molecule has 0 radical (unpaired) electrons. The molecule has 1 aromatic rings. The van der Waals surface area contributed by atoms with Gasteiger partial charge in [-0.25, -0.2) is 8.78 Å². The minimum Gasteiger partial charge on any atom is -0.356 e. The summed E-state index contributed by atoms with van der Waals surface area (Å²) in [6.45, 7) is 2.36. The van der Waals surface area contributed by atoms with Crippen molar-refractivity contribution in [2.75, 3.05) is 19.6 Å². The molecular formula is C15H21ClF2N2O. The first-order valence-corrected chi connectivity index (χ1v) is 7.06. The number of amides is 1. The number of nitrogens with one attached hydrogen (secondary N) is 2. The van der Waals surface area contributed by atoms with Crippen molar-refractivity contribution >= 4 is 18.3 Å². The molecule has 2 N–H and O–H groups in total. The van der Waals surface area contributed by atoms with Crippen LogP contribution in [0.3, 0.4) is 0 Å². The second kappa shape index (κ2) is 8.95. The number of hydrogen-bond donors (Lipinski definition) is 2. The van der Waals surface area contributed by atoms with Gasteiger partial charge in [0, 0.05) is 13.0 Å². The van der Waals surface area contributed by atoms with Crippen LogP contribution in [0.25, 0.3) is 0 Å². The van der Waals surface area contributed by atoms with E-state index in [-0.39, 0.29) is 18.3 Å². The van der Waals surface area contributed by atoms with Crippen LogP contribution in [0.1, 0.15) is 24.8 Å². The Hall–Kier alpha value is -1.20. The maximum Gasteiger partial charge on any atom is 0.220 e. The molecule has 0 spiro atoms. The zero-order valence-corrected chi connectivity index (χ0v) is 12.6. The molecular weight excluding hydrogens is 298 g/mol. The molecule has 3 nitrogen and oxygen atoms in total. The first-order chi connectivity index (χ1) is 9.65. The van der Waals surface area contributed by atoms with Crippen molar-refractivity contribution in [1.29, 1.82) is 0 Å². The average Bonchev–Trinajstić information content (AvgIpc) is 2.93. The molecule has 1 saturated heterocycles. The third kappa shape index (κ3) is 5.98. The number of halogens is 3. The average molecular weight is 319 g/mol. The lowest BCUT2D eigenvalue weighted by atomic mass is 10.0. The quantitative estimate of drug-likeness (QED) is 0.846. The van der Waals surface area contributed by atoms with Crippen LogP contribution in [-0.4, -0.2) is 25.5 Å². The van der Waals surface area contributed by atoms with Gasteiger partial charge in [-0.15, -0.1) is 12.4 Å². The second-order valence-electron chi connectivity index (χ2n) is 5.23. The number of benzene rings is 1. The Morgan fingerprint density at radius 3 is 2.90 bits per heavy atom. The van der Waals surface area contributed by atoms with Crippen molar-refractivity contribution in [3.05, 3.63) is 35.4 Å². The van der Waals surface area contributed by atoms with Crippen molar-refractivity contribution in [3.8, 4) is 0 Å². The Bertz CT molecular complexity index is 465. The molecule has 2 rings (SSSR count). The maximum absolute atomic E-state index is 13.4. The Morgan fingerprint density at radius 2 is 2.19 bits per heavy atom. The van der Waals surface area contributed by atoms with Gasteiger partial charge in [0.15, 0.2) is 0 Å². The summed E-state index contributed by atoms with van der Waals surface area (Å²) in [6.07, 6.45) is 2.81. The summed E-state index contributed by atoms with van der Waals surface area (Å²) in [5, 5.41) is 6.02. The van der Waals surface area contributed by atoms with Crippen LogP contribution in [0, 0.1) is 17.6 Å². The van der Waals surface area contributed by atoms with Gasteiger partial charge in [-0.05, 0) is 62.0 Å². The van der Waals surface area contributed by atoms with Gasteiger partial charge >= 0.3 is 0 Å². The lowest BCUT2D eigenvalue weighted by molar-refractivity contribution is -0.121. The normalized spacial score (nSPS) is 17.3. The molecule has 21 heavy (non-hydrogen) atoms. The van der Waals surface area contributed by atoms with Gasteiger partial charge < -0.3 is 10.6 Å². The molecule has 0 bridgehead atoms. The smallest absolute Gasteiger partial charge is 0.220 e. The highest BCUT2D eigenvalue weighted by molar-refractivity contribution is 5.85. The van der Waals surface area contributed by atoms with E-state index in [4.69, 9.17) is 0 Å². The van der Waals surface area contributed by atoms with Crippen molar-refractivity contribution in [2.45, 2.75) is 25.7 Å². The number of carbonyl (C=O) groups excluding carboxylic acids is 1. The highest BCUT2D eigenvalue weighted by atomic mass is 35.5. The van der Waals surface area contributed by atoms with Crippen LogP contribution < -0.4 is 10.6 Å². The summed E-state index contributed by atoms with van der Waals surface area (Å²) in [5.41, 5.74) is 0.297. The van der Waals surface area contributed by atoms with Gasteiger partial charge in [-0.2, -0.15) is 0 Å². The van der Waals surface area contributed by atoms with Crippen molar-refractivity contribution in [1.82, 2.24) is 10.6 Å². The highest BCUT2D eigenvalue weighted by Gasteiger charge is 2.15. The van der Waals surface area contributed by atoms with E-state index in [1.807, 2.05) is 0 Å². The maximum atomic E-state index is 13.4. The molecule has 6 heteroatoms. The fourth-order valence-corrected chi connectivity index (χ4v) is 2.46. The molecule has 0 aromatic heterocycles. The van der Waals surface area contributed by atoms with E-state index in [1.165, 1.54) is 6.07 Å². The van der Waals surface area contributed by atoms with Crippen LogP contribution in [0.4, 0.5) is 8.78 Å². The van der Waals surface area contributed by atoms with Gasteiger partial charge in [0.05, 0.1) is 0 Å². The summed E-state index contributed by atoms with van der Waals surface area (Å²) in [6, 6.07) is 3.37. The third-order valence-corrected chi connectivity index (χ3v) is 3.67. The Labute approximate surface area is 129 Å². The van der Waals surface area contributed by atoms with Gasteiger partial charge in [0.2, 0.25) is 5.91 Å². The topological polar surface area (TPSA) is 41.1 Å². The molecule has 118 valence electrons. The Balaban J connectivity index is 0.00000220. The summed E-state index contributed by atoms with van der Waals surface area (Å²) in [5.74, 6) is -0.325. The Kier molecular flexibility index (Phi) is 7.61.